The van der Waals surface area contributed by atoms with Crippen molar-refractivity contribution in [3.8, 4) is 0 Å². The first-order valence-electron chi connectivity index (χ1n) is 7.41. The predicted molar refractivity (Wildman–Crippen MR) is 87.2 cm³/mol. The fourth-order valence-electron chi connectivity index (χ4n) is 2.57. The van der Waals surface area contributed by atoms with Crippen molar-refractivity contribution in [1.82, 2.24) is 14.9 Å². The Balaban J connectivity index is 2.00. The highest BCUT2D eigenvalue weighted by Gasteiger charge is 2.30. The van der Waals surface area contributed by atoms with Gasteiger partial charge in [0.2, 0.25) is 5.91 Å². The van der Waals surface area contributed by atoms with Gasteiger partial charge >= 0.3 is 0 Å². The zero-order valence-electron chi connectivity index (χ0n) is 13.0. The van der Waals surface area contributed by atoms with Gasteiger partial charge in [0.05, 0.1) is 6.54 Å². The lowest BCUT2D eigenvalue weighted by atomic mass is 9.98. The van der Waals surface area contributed by atoms with Crippen LogP contribution in [0.4, 0.5) is 0 Å². The van der Waals surface area contributed by atoms with Crippen molar-refractivity contribution in [1.29, 1.82) is 0 Å². The third-order valence-electron chi connectivity index (χ3n) is 3.81. The molecule has 0 atom stereocenters. The van der Waals surface area contributed by atoms with Crippen LogP contribution in [0.3, 0.4) is 0 Å². The summed E-state index contributed by atoms with van der Waals surface area (Å²) in [4.78, 5) is 11.8. The van der Waals surface area contributed by atoms with E-state index in [4.69, 9.17) is 0 Å². The molecule has 8 heteroatoms. The van der Waals surface area contributed by atoms with Gasteiger partial charge in [-0.25, -0.2) is 8.42 Å². The van der Waals surface area contributed by atoms with Gasteiger partial charge in [-0.05, 0) is 44.5 Å². The Labute approximate surface area is 135 Å². The highest BCUT2D eigenvalue weighted by molar-refractivity contribution is 7.91. The summed E-state index contributed by atoms with van der Waals surface area (Å²) in [6.07, 6.45) is 1.79. The molecule has 1 saturated heterocycles. The van der Waals surface area contributed by atoms with Gasteiger partial charge in [-0.1, -0.05) is 0 Å². The average molecular weight is 345 g/mol. The first-order chi connectivity index (χ1) is 10.4. The topological polar surface area (TPSA) is 78.5 Å². The lowest BCUT2D eigenvalue weighted by Gasteiger charge is -2.30. The van der Waals surface area contributed by atoms with Crippen molar-refractivity contribution in [2.45, 2.75) is 30.5 Å². The maximum Gasteiger partial charge on any atom is 0.252 e. The first-order valence-corrected chi connectivity index (χ1v) is 9.67. The Kier molecular flexibility index (Phi) is 5.96. The summed E-state index contributed by atoms with van der Waals surface area (Å²) >= 11 is 1.23. The third-order valence-corrected chi connectivity index (χ3v) is 7.26. The largest absolute Gasteiger partial charge is 0.351 e. The number of nitrogens with one attached hydrogen (secondary N) is 2. The second-order valence-corrected chi connectivity index (χ2v) is 8.87. The van der Waals surface area contributed by atoms with E-state index in [1.54, 1.807) is 16.4 Å². The van der Waals surface area contributed by atoms with Crippen molar-refractivity contribution in [3.63, 3.8) is 0 Å². The van der Waals surface area contributed by atoms with Crippen LogP contribution >= 0.6 is 11.3 Å². The minimum Gasteiger partial charge on any atom is -0.351 e. The number of piperidine rings is 1. The van der Waals surface area contributed by atoms with Gasteiger partial charge in [0.25, 0.3) is 10.0 Å². The van der Waals surface area contributed by atoms with Gasteiger partial charge < -0.3 is 10.6 Å². The fraction of sp³-hybridized carbons (Fsp3) is 0.643. The van der Waals surface area contributed by atoms with E-state index in [2.05, 4.69) is 10.6 Å². The number of nitrogens with zero attached hydrogens (tertiary/aromatic N) is 1. The summed E-state index contributed by atoms with van der Waals surface area (Å²) in [6, 6.07) is 3.40. The molecule has 0 radical (unpaired) electrons. The van der Waals surface area contributed by atoms with E-state index in [-0.39, 0.29) is 5.91 Å². The van der Waals surface area contributed by atoms with Crippen LogP contribution in [0.25, 0.3) is 0 Å². The Morgan fingerprint density at radius 2 is 2.05 bits per heavy atom. The highest BCUT2D eigenvalue weighted by atomic mass is 32.2. The maximum absolute atomic E-state index is 12.6. The molecule has 0 unspecified atom stereocenters. The van der Waals surface area contributed by atoms with E-state index in [0.29, 0.717) is 29.8 Å². The molecule has 22 heavy (non-hydrogen) atoms. The number of sulfonamides is 1. The smallest absolute Gasteiger partial charge is 0.252 e. The number of carbonyl (C=O) groups is 1. The van der Waals surface area contributed by atoms with E-state index < -0.39 is 10.0 Å². The number of hydrogen-bond acceptors (Lipinski definition) is 5. The van der Waals surface area contributed by atoms with Gasteiger partial charge in [0, 0.05) is 24.9 Å². The first kappa shape index (κ1) is 17.4. The van der Waals surface area contributed by atoms with E-state index in [1.165, 1.54) is 18.3 Å². The molecule has 2 N–H and O–H groups in total. The third kappa shape index (κ3) is 4.28. The summed E-state index contributed by atoms with van der Waals surface area (Å²) in [6.45, 7) is 3.91. The molecule has 1 amide bonds. The van der Waals surface area contributed by atoms with Gasteiger partial charge in [-0.15, -0.1) is 11.3 Å². The highest BCUT2D eigenvalue weighted by Crippen LogP contribution is 2.28. The molecule has 0 aromatic carbocycles. The SMILES string of the molecule is CNCC1CCN(S(=O)(=O)c2ccc(CNC(C)=O)s2)CC1. The summed E-state index contributed by atoms with van der Waals surface area (Å²) in [5, 5.41) is 5.83. The number of carbonyl (C=O) groups excluding carboxylic acids is 1. The van der Waals surface area contributed by atoms with E-state index >= 15 is 0 Å². The molecule has 0 aliphatic carbocycles. The lowest BCUT2D eigenvalue weighted by molar-refractivity contribution is -0.119. The Hall–Kier alpha value is -0.960. The number of rotatable bonds is 6. The van der Waals surface area contributed by atoms with Gasteiger partial charge in [0.15, 0.2) is 0 Å². The van der Waals surface area contributed by atoms with Crippen molar-refractivity contribution >= 4 is 27.3 Å². The van der Waals surface area contributed by atoms with Crippen LogP contribution in [0.5, 0.6) is 0 Å². The molecule has 1 aromatic rings. The normalized spacial score (nSPS) is 17.5. The van der Waals surface area contributed by atoms with Crippen LogP contribution in [0.2, 0.25) is 0 Å². The second-order valence-electron chi connectivity index (χ2n) is 5.54. The molecule has 124 valence electrons. The quantitative estimate of drug-likeness (QED) is 0.806. The molecule has 2 rings (SSSR count). The van der Waals surface area contributed by atoms with Crippen molar-refractivity contribution in [2.75, 3.05) is 26.7 Å². The molecule has 2 heterocycles. The summed E-state index contributed by atoms with van der Waals surface area (Å²) in [7, 11) is -1.48. The number of thiophene rings is 1. The second kappa shape index (κ2) is 7.54. The van der Waals surface area contributed by atoms with Crippen LogP contribution in [-0.2, 0) is 21.4 Å². The zero-order chi connectivity index (χ0) is 16.2. The molecular formula is C14H23N3O3S2. The van der Waals surface area contributed by atoms with Crippen molar-refractivity contribution < 1.29 is 13.2 Å². The van der Waals surface area contributed by atoms with Crippen LogP contribution < -0.4 is 10.6 Å². The molecular weight excluding hydrogens is 322 g/mol. The van der Waals surface area contributed by atoms with Crippen LogP contribution in [-0.4, -0.2) is 45.3 Å². The summed E-state index contributed by atoms with van der Waals surface area (Å²) in [5.74, 6) is 0.430. The van der Waals surface area contributed by atoms with E-state index in [1.807, 2.05) is 7.05 Å². The molecule has 1 aliphatic rings. The van der Waals surface area contributed by atoms with Crippen LogP contribution in [0.15, 0.2) is 16.3 Å². The lowest BCUT2D eigenvalue weighted by Crippen LogP contribution is -2.40. The fourth-order valence-corrected chi connectivity index (χ4v) is 5.49. The minimum atomic E-state index is -3.40. The maximum atomic E-state index is 12.6. The standard InChI is InChI=1S/C14H23N3O3S2/c1-11(18)16-10-13-3-4-14(21-13)22(19,20)17-7-5-12(6-8-17)9-15-2/h3-4,12,15H,5-10H2,1-2H3,(H,16,18). The zero-order valence-corrected chi connectivity index (χ0v) is 14.6. The molecule has 0 saturated carbocycles. The molecule has 1 aliphatic heterocycles. The molecule has 1 fully saturated rings. The molecule has 6 nitrogen and oxygen atoms in total. The Bertz CT molecular complexity index is 605. The number of amides is 1. The predicted octanol–water partition coefficient (Wildman–Crippen LogP) is 1.00. The Morgan fingerprint density at radius 3 is 2.64 bits per heavy atom. The van der Waals surface area contributed by atoms with Crippen molar-refractivity contribution in [2.24, 2.45) is 5.92 Å². The molecule has 0 bridgehead atoms. The summed E-state index contributed by atoms with van der Waals surface area (Å²) in [5.41, 5.74) is 0. The van der Waals surface area contributed by atoms with Gasteiger partial charge in [-0.3, -0.25) is 4.79 Å². The van der Waals surface area contributed by atoms with Gasteiger partial charge in [0.1, 0.15) is 4.21 Å². The number of hydrogen-bond donors (Lipinski definition) is 2. The Morgan fingerprint density at radius 1 is 1.36 bits per heavy atom. The van der Waals surface area contributed by atoms with Crippen molar-refractivity contribution in [3.05, 3.63) is 17.0 Å². The monoisotopic (exact) mass is 345 g/mol. The molecule has 1 aromatic heterocycles. The van der Waals surface area contributed by atoms with E-state index in [0.717, 1.165) is 24.3 Å². The van der Waals surface area contributed by atoms with Gasteiger partial charge in [-0.2, -0.15) is 4.31 Å². The van der Waals surface area contributed by atoms with Crippen LogP contribution in [0.1, 0.15) is 24.6 Å². The van der Waals surface area contributed by atoms with Crippen LogP contribution in [0, 0.1) is 5.92 Å². The molecule has 0 spiro atoms. The summed E-state index contributed by atoms with van der Waals surface area (Å²) < 4.78 is 27.2. The average Bonchev–Trinajstić information content (AvgIpc) is 2.96. The van der Waals surface area contributed by atoms with E-state index in [9.17, 15) is 13.2 Å². The minimum absolute atomic E-state index is 0.121.